The summed E-state index contributed by atoms with van der Waals surface area (Å²) >= 11 is 0. The van der Waals surface area contributed by atoms with Crippen LogP contribution in [0.15, 0.2) is 12.5 Å². The summed E-state index contributed by atoms with van der Waals surface area (Å²) < 4.78 is 6.98. The minimum absolute atomic E-state index is 0.225. The fourth-order valence-electron chi connectivity index (χ4n) is 1.67. The molecule has 1 rings (SSSR count). The van der Waals surface area contributed by atoms with Gasteiger partial charge in [-0.05, 0) is 27.7 Å². The van der Waals surface area contributed by atoms with Crippen LogP contribution in [0.3, 0.4) is 0 Å². The molecule has 20 heavy (non-hydrogen) atoms. The molecule has 0 saturated heterocycles. The van der Waals surface area contributed by atoms with Crippen molar-refractivity contribution in [2.75, 3.05) is 0 Å². The van der Waals surface area contributed by atoms with Gasteiger partial charge < -0.3 is 20.4 Å². The molecule has 7 heteroatoms. The summed E-state index contributed by atoms with van der Waals surface area (Å²) in [4.78, 5) is 26.5. The number of alkyl carbamates (subject to hydrolysis) is 1. The topological polar surface area (TPSA) is 99.2 Å². The van der Waals surface area contributed by atoms with E-state index in [9.17, 15) is 9.59 Å². The smallest absolute Gasteiger partial charge is 0.408 e. The maximum atomic E-state index is 11.7. The second kappa shape index (κ2) is 6.40. The third-order valence-corrected chi connectivity index (χ3v) is 2.52. The summed E-state index contributed by atoms with van der Waals surface area (Å²) in [5.74, 6) is -0.377. The van der Waals surface area contributed by atoms with Gasteiger partial charge in [-0.25, -0.2) is 9.78 Å². The lowest BCUT2D eigenvalue weighted by Crippen LogP contribution is -2.34. The number of amides is 2. The highest BCUT2D eigenvalue weighted by atomic mass is 16.6. The quantitative estimate of drug-likeness (QED) is 0.851. The molecule has 1 aromatic heterocycles. The van der Waals surface area contributed by atoms with Crippen LogP contribution in [0, 0.1) is 0 Å². The van der Waals surface area contributed by atoms with E-state index in [0.717, 1.165) is 5.69 Å². The standard InChI is InChI=1S/C13H22N4O3/c1-9(16-12(19)20-13(2,3)4)10-7-15-8-17(10)6-5-11(14)18/h7-9H,5-6H2,1-4H3,(H2,14,18)(H,16,19)/t9-/m1/s1. The van der Waals surface area contributed by atoms with Crippen molar-refractivity contribution in [1.82, 2.24) is 14.9 Å². The van der Waals surface area contributed by atoms with Crippen LogP contribution < -0.4 is 11.1 Å². The van der Waals surface area contributed by atoms with Crippen molar-refractivity contribution in [2.24, 2.45) is 5.73 Å². The van der Waals surface area contributed by atoms with Gasteiger partial charge in [-0.2, -0.15) is 0 Å². The van der Waals surface area contributed by atoms with E-state index < -0.39 is 11.7 Å². The number of rotatable bonds is 5. The van der Waals surface area contributed by atoms with Crippen molar-refractivity contribution < 1.29 is 14.3 Å². The first-order valence-corrected chi connectivity index (χ1v) is 6.47. The Hall–Kier alpha value is -2.05. The van der Waals surface area contributed by atoms with E-state index in [2.05, 4.69) is 10.3 Å². The molecule has 0 aliphatic rings. The van der Waals surface area contributed by atoms with Gasteiger partial charge in [0.1, 0.15) is 5.60 Å². The molecule has 0 aliphatic carbocycles. The number of imidazole rings is 1. The zero-order chi connectivity index (χ0) is 15.3. The monoisotopic (exact) mass is 282 g/mol. The van der Waals surface area contributed by atoms with Gasteiger partial charge in [0, 0.05) is 13.0 Å². The van der Waals surface area contributed by atoms with Crippen molar-refractivity contribution >= 4 is 12.0 Å². The number of ether oxygens (including phenoxy) is 1. The van der Waals surface area contributed by atoms with Gasteiger partial charge in [0.05, 0.1) is 24.3 Å². The molecule has 1 atom stereocenters. The summed E-state index contributed by atoms with van der Waals surface area (Å²) in [5, 5.41) is 2.73. The maximum Gasteiger partial charge on any atom is 0.408 e. The molecule has 1 aromatic rings. The number of nitrogens with two attached hydrogens (primary N) is 1. The molecule has 0 unspecified atom stereocenters. The predicted molar refractivity (Wildman–Crippen MR) is 73.8 cm³/mol. The van der Waals surface area contributed by atoms with E-state index >= 15 is 0 Å². The first kappa shape index (κ1) is 16.0. The molecule has 0 aliphatic heterocycles. The van der Waals surface area contributed by atoms with Crippen LogP contribution in [0.2, 0.25) is 0 Å². The molecule has 0 fully saturated rings. The lowest BCUT2D eigenvalue weighted by atomic mass is 10.2. The van der Waals surface area contributed by atoms with E-state index in [-0.39, 0.29) is 18.4 Å². The first-order valence-electron chi connectivity index (χ1n) is 6.47. The number of carbonyl (C=O) groups excluding carboxylic acids is 2. The van der Waals surface area contributed by atoms with Crippen LogP contribution in [0.4, 0.5) is 4.79 Å². The van der Waals surface area contributed by atoms with Gasteiger partial charge in [0.15, 0.2) is 0 Å². The number of primary amides is 1. The van der Waals surface area contributed by atoms with Gasteiger partial charge in [-0.3, -0.25) is 4.79 Å². The van der Waals surface area contributed by atoms with Crippen LogP contribution in [0.5, 0.6) is 0 Å². The average Bonchev–Trinajstić information content (AvgIpc) is 2.71. The van der Waals surface area contributed by atoms with E-state index in [1.165, 1.54) is 0 Å². The zero-order valence-electron chi connectivity index (χ0n) is 12.3. The lowest BCUT2D eigenvalue weighted by molar-refractivity contribution is -0.118. The number of hydrogen-bond acceptors (Lipinski definition) is 4. The minimum Gasteiger partial charge on any atom is -0.444 e. The average molecular weight is 282 g/mol. The largest absolute Gasteiger partial charge is 0.444 e. The first-order chi connectivity index (χ1) is 9.19. The molecule has 3 N–H and O–H groups in total. The molecule has 0 saturated carbocycles. The number of carbonyl (C=O) groups is 2. The van der Waals surface area contributed by atoms with Gasteiger partial charge in [-0.15, -0.1) is 0 Å². The lowest BCUT2D eigenvalue weighted by Gasteiger charge is -2.22. The van der Waals surface area contributed by atoms with Crippen molar-refractivity contribution in [3.05, 3.63) is 18.2 Å². The van der Waals surface area contributed by atoms with E-state index in [4.69, 9.17) is 10.5 Å². The number of hydrogen-bond donors (Lipinski definition) is 2. The maximum absolute atomic E-state index is 11.7. The Kier molecular flexibility index (Phi) is 5.12. The summed E-state index contributed by atoms with van der Waals surface area (Å²) in [6.07, 6.45) is 2.98. The minimum atomic E-state index is -0.546. The Bertz CT molecular complexity index is 476. The molecule has 0 radical (unpaired) electrons. The summed E-state index contributed by atoms with van der Waals surface area (Å²) in [5.41, 5.74) is 5.37. The van der Waals surface area contributed by atoms with Crippen LogP contribution in [0.25, 0.3) is 0 Å². The van der Waals surface area contributed by atoms with Gasteiger partial charge in [0.25, 0.3) is 0 Å². The van der Waals surface area contributed by atoms with Gasteiger partial charge in [-0.1, -0.05) is 0 Å². The second-order valence-corrected chi connectivity index (χ2v) is 5.60. The van der Waals surface area contributed by atoms with Crippen LogP contribution in [0.1, 0.15) is 45.9 Å². The number of aromatic nitrogens is 2. The van der Waals surface area contributed by atoms with Crippen molar-refractivity contribution in [3.63, 3.8) is 0 Å². The Morgan fingerprint density at radius 2 is 2.15 bits per heavy atom. The molecule has 0 spiro atoms. The number of aryl methyl sites for hydroxylation is 1. The van der Waals surface area contributed by atoms with Gasteiger partial charge in [0.2, 0.25) is 5.91 Å². The molecule has 7 nitrogen and oxygen atoms in total. The summed E-state index contributed by atoms with van der Waals surface area (Å²) in [6.45, 7) is 7.66. The fourth-order valence-corrected chi connectivity index (χ4v) is 1.67. The molecular weight excluding hydrogens is 260 g/mol. The van der Waals surface area contributed by atoms with Gasteiger partial charge >= 0.3 is 6.09 Å². The normalized spacial score (nSPS) is 12.8. The third kappa shape index (κ3) is 5.29. The third-order valence-electron chi connectivity index (χ3n) is 2.52. The summed E-state index contributed by atoms with van der Waals surface area (Å²) in [7, 11) is 0. The molecule has 0 bridgehead atoms. The van der Waals surface area contributed by atoms with Crippen molar-refractivity contribution in [3.8, 4) is 0 Å². The highest BCUT2D eigenvalue weighted by Crippen LogP contribution is 2.14. The Morgan fingerprint density at radius 1 is 1.50 bits per heavy atom. The number of nitrogens with one attached hydrogen (secondary N) is 1. The summed E-state index contributed by atoms with van der Waals surface area (Å²) in [6, 6.07) is -0.278. The Morgan fingerprint density at radius 3 is 2.70 bits per heavy atom. The predicted octanol–water partition coefficient (Wildman–Crippen LogP) is 1.34. The van der Waals surface area contributed by atoms with Crippen molar-refractivity contribution in [1.29, 1.82) is 0 Å². The van der Waals surface area contributed by atoms with Crippen LogP contribution in [-0.2, 0) is 16.1 Å². The molecule has 0 aromatic carbocycles. The fraction of sp³-hybridized carbons (Fsp3) is 0.615. The van der Waals surface area contributed by atoms with Crippen LogP contribution in [-0.4, -0.2) is 27.2 Å². The molecule has 1 heterocycles. The highest BCUT2D eigenvalue weighted by Gasteiger charge is 2.19. The highest BCUT2D eigenvalue weighted by molar-refractivity contribution is 5.73. The zero-order valence-corrected chi connectivity index (χ0v) is 12.3. The SMILES string of the molecule is C[C@@H](NC(=O)OC(C)(C)C)c1cncn1CCC(N)=O. The number of nitrogens with zero attached hydrogens (tertiary/aromatic N) is 2. The van der Waals surface area contributed by atoms with E-state index in [1.54, 1.807) is 37.9 Å². The van der Waals surface area contributed by atoms with Crippen LogP contribution >= 0.6 is 0 Å². The Balaban J connectivity index is 2.63. The van der Waals surface area contributed by atoms with Crippen molar-refractivity contribution in [2.45, 2.75) is 52.3 Å². The molecular formula is C13H22N4O3. The second-order valence-electron chi connectivity index (χ2n) is 5.60. The molecule has 2 amide bonds. The van der Waals surface area contributed by atoms with E-state index in [0.29, 0.717) is 6.54 Å². The van der Waals surface area contributed by atoms with E-state index in [1.807, 2.05) is 6.92 Å². The Labute approximate surface area is 118 Å². The molecule has 112 valence electrons.